The molecule has 1 aromatic carbocycles. The van der Waals surface area contributed by atoms with Crippen molar-refractivity contribution in [1.82, 2.24) is 0 Å². The molecule has 0 radical (unpaired) electrons. The van der Waals surface area contributed by atoms with Crippen LogP contribution in [0.2, 0.25) is 5.02 Å². The Balaban J connectivity index is 2.24. The Morgan fingerprint density at radius 2 is 1.94 bits per heavy atom. The standard InChI is InChI=1S/C12H14ClF2NO/c13-9-7-8(12(16)5-1-2-6-12)3-4-10(9)17-11(14)15/h3-4,7,11H,1-2,5-6,16H2. The Bertz CT molecular complexity index is 405. The van der Waals surface area contributed by atoms with Crippen molar-refractivity contribution in [3.8, 4) is 5.75 Å². The second-order valence-corrected chi connectivity index (χ2v) is 4.79. The van der Waals surface area contributed by atoms with Gasteiger partial charge in [0.05, 0.1) is 5.02 Å². The van der Waals surface area contributed by atoms with Gasteiger partial charge in [-0.2, -0.15) is 8.78 Å². The average molecular weight is 262 g/mol. The van der Waals surface area contributed by atoms with Gasteiger partial charge in [-0.3, -0.25) is 0 Å². The number of benzene rings is 1. The topological polar surface area (TPSA) is 35.2 Å². The number of alkyl halides is 2. The Morgan fingerprint density at radius 1 is 1.29 bits per heavy atom. The normalized spacial score (nSPS) is 18.6. The largest absolute Gasteiger partial charge is 0.433 e. The lowest BCUT2D eigenvalue weighted by Gasteiger charge is -2.24. The van der Waals surface area contributed by atoms with Gasteiger partial charge in [0.1, 0.15) is 5.75 Å². The number of nitrogens with two attached hydrogens (primary N) is 1. The van der Waals surface area contributed by atoms with Gasteiger partial charge in [0.15, 0.2) is 0 Å². The molecule has 0 heterocycles. The second-order valence-electron chi connectivity index (χ2n) is 4.39. The molecule has 0 aromatic heterocycles. The molecule has 1 saturated carbocycles. The molecule has 0 unspecified atom stereocenters. The Hall–Kier alpha value is -0.870. The molecule has 17 heavy (non-hydrogen) atoms. The molecule has 2 nitrogen and oxygen atoms in total. The van der Waals surface area contributed by atoms with Crippen molar-refractivity contribution in [3.05, 3.63) is 28.8 Å². The van der Waals surface area contributed by atoms with Crippen LogP contribution in [0.4, 0.5) is 8.78 Å². The molecule has 1 aliphatic carbocycles. The highest BCUT2D eigenvalue weighted by Crippen LogP contribution is 2.39. The van der Waals surface area contributed by atoms with Crippen LogP contribution in [-0.2, 0) is 5.54 Å². The van der Waals surface area contributed by atoms with E-state index in [1.165, 1.54) is 6.07 Å². The zero-order chi connectivity index (χ0) is 12.5. The molecule has 2 rings (SSSR count). The van der Waals surface area contributed by atoms with Crippen molar-refractivity contribution in [3.63, 3.8) is 0 Å². The van der Waals surface area contributed by atoms with E-state index in [-0.39, 0.29) is 16.3 Å². The first-order valence-corrected chi connectivity index (χ1v) is 5.93. The average Bonchev–Trinajstić information content (AvgIpc) is 2.69. The fourth-order valence-electron chi connectivity index (χ4n) is 2.30. The smallest absolute Gasteiger partial charge is 0.387 e. The lowest BCUT2D eigenvalue weighted by atomic mass is 9.89. The summed E-state index contributed by atoms with van der Waals surface area (Å²) in [5.74, 6) is -0.00739. The summed E-state index contributed by atoms with van der Waals surface area (Å²) in [5.41, 5.74) is 6.78. The van der Waals surface area contributed by atoms with Crippen LogP contribution in [0.1, 0.15) is 31.2 Å². The molecule has 2 N–H and O–H groups in total. The summed E-state index contributed by atoms with van der Waals surface area (Å²) in [5, 5.41) is 0.180. The highest BCUT2D eigenvalue weighted by molar-refractivity contribution is 6.32. The first kappa shape index (κ1) is 12.6. The van der Waals surface area contributed by atoms with Crippen LogP contribution in [0, 0.1) is 0 Å². The zero-order valence-corrected chi connectivity index (χ0v) is 10.0. The van der Waals surface area contributed by atoms with Crippen molar-refractivity contribution in [2.75, 3.05) is 0 Å². The van der Waals surface area contributed by atoms with Gasteiger partial charge >= 0.3 is 6.61 Å². The van der Waals surface area contributed by atoms with E-state index < -0.39 is 6.61 Å². The summed E-state index contributed by atoms with van der Waals surface area (Å²) in [6.45, 7) is -2.86. The summed E-state index contributed by atoms with van der Waals surface area (Å²) in [6, 6.07) is 4.80. The van der Waals surface area contributed by atoms with Gasteiger partial charge < -0.3 is 10.5 Å². The summed E-state index contributed by atoms with van der Waals surface area (Å²) in [7, 11) is 0. The van der Waals surface area contributed by atoms with Crippen molar-refractivity contribution in [2.45, 2.75) is 37.8 Å². The van der Waals surface area contributed by atoms with E-state index in [9.17, 15) is 8.78 Å². The number of rotatable bonds is 3. The van der Waals surface area contributed by atoms with Gasteiger partial charge in [-0.25, -0.2) is 0 Å². The van der Waals surface area contributed by atoms with Crippen LogP contribution in [0.25, 0.3) is 0 Å². The van der Waals surface area contributed by atoms with Crippen LogP contribution in [0.5, 0.6) is 5.75 Å². The quantitative estimate of drug-likeness (QED) is 0.901. The number of ether oxygens (including phenoxy) is 1. The molecule has 94 valence electrons. The molecule has 0 bridgehead atoms. The molecular weight excluding hydrogens is 248 g/mol. The van der Waals surface area contributed by atoms with Crippen molar-refractivity contribution >= 4 is 11.6 Å². The van der Waals surface area contributed by atoms with Crippen molar-refractivity contribution in [1.29, 1.82) is 0 Å². The van der Waals surface area contributed by atoms with Gasteiger partial charge in [0.25, 0.3) is 0 Å². The van der Waals surface area contributed by atoms with Crippen molar-refractivity contribution in [2.24, 2.45) is 5.73 Å². The molecule has 0 saturated heterocycles. The molecule has 0 aliphatic heterocycles. The van der Waals surface area contributed by atoms with E-state index in [2.05, 4.69) is 4.74 Å². The Labute approximate surface area is 104 Å². The van der Waals surface area contributed by atoms with Gasteiger partial charge in [0, 0.05) is 5.54 Å². The van der Waals surface area contributed by atoms with Crippen LogP contribution < -0.4 is 10.5 Å². The van der Waals surface area contributed by atoms with E-state index >= 15 is 0 Å². The molecular formula is C12H14ClF2NO. The fraction of sp³-hybridized carbons (Fsp3) is 0.500. The summed E-state index contributed by atoms with van der Waals surface area (Å²) >= 11 is 5.90. The van der Waals surface area contributed by atoms with Gasteiger partial charge in [-0.1, -0.05) is 30.5 Å². The second kappa shape index (κ2) is 4.78. The van der Waals surface area contributed by atoms with Crippen molar-refractivity contribution < 1.29 is 13.5 Å². The van der Waals surface area contributed by atoms with Crippen LogP contribution in [0.15, 0.2) is 18.2 Å². The van der Waals surface area contributed by atoms with Gasteiger partial charge in [-0.05, 0) is 30.5 Å². The third-order valence-corrected chi connectivity index (χ3v) is 3.51. The van der Waals surface area contributed by atoms with E-state index in [1.807, 2.05) is 0 Å². The fourth-order valence-corrected chi connectivity index (χ4v) is 2.52. The predicted octanol–water partition coefficient (Wildman–Crippen LogP) is 3.67. The molecule has 0 spiro atoms. The van der Waals surface area contributed by atoms with E-state index in [1.54, 1.807) is 12.1 Å². The Kier molecular flexibility index (Phi) is 3.54. The molecule has 5 heteroatoms. The molecule has 1 aromatic rings. The molecule has 0 amide bonds. The highest BCUT2D eigenvalue weighted by atomic mass is 35.5. The minimum Gasteiger partial charge on any atom is -0.433 e. The third kappa shape index (κ3) is 2.69. The van der Waals surface area contributed by atoms with Gasteiger partial charge in [0.2, 0.25) is 0 Å². The lowest BCUT2D eigenvalue weighted by Crippen LogP contribution is -2.32. The zero-order valence-electron chi connectivity index (χ0n) is 9.26. The maximum Gasteiger partial charge on any atom is 0.387 e. The maximum absolute atomic E-state index is 12.1. The third-order valence-electron chi connectivity index (χ3n) is 3.22. The molecule has 0 atom stereocenters. The Morgan fingerprint density at radius 3 is 2.47 bits per heavy atom. The highest BCUT2D eigenvalue weighted by Gasteiger charge is 2.31. The SMILES string of the molecule is NC1(c2ccc(OC(F)F)c(Cl)c2)CCCC1. The number of hydrogen-bond donors (Lipinski definition) is 1. The minimum atomic E-state index is -2.86. The lowest BCUT2D eigenvalue weighted by molar-refractivity contribution is -0.0498. The van der Waals surface area contributed by atoms with Crippen LogP contribution in [-0.4, -0.2) is 6.61 Å². The number of hydrogen-bond acceptors (Lipinski definition) is 2. The van der Waals surface area contributed by atoms with E-state index in [0.29, 0.717) is 0 Å². The summed E-state index contributed by atoms with van der Waals surface area (Å²) in [6.07, 6.45) is 3.98. The first-order valence-electron chi connectivity index (χ1n) is 5.55. The monoisotopic (exact) mass is 261 g/mol. The van der Waals surface area contributed by atoms with Crippen LogP contribution >= 0.6 is 11.6 Å². The predicted molar refractivity (Wildman–Crippen MR) is 62.4 cm³/mol. The van der Waals surface area contributed by atoms with Gasteiger partial charge in [-0.15, -0.1) is 0 Å². The van der Waals surface area contributed by atoms with E-state index in [4.69, 9.17) is 17.3 Å². The number of halogens is 3. The van der Waals surface area contributed by atoms with E-state index in [0.717, 1.165) is 31.2 Å². The molecule has 1 aliphatic rings. The summed E-state index contributed by atoms with van der Waals surface area (Å²) in [4.78, 5) is 0. The minimum absolute atomic E-state index is 0.00739. The first-order chi connectivity index (χ1) is 8.01. The van der Waals surface area contributed by atoms with Crippen LogP contribution in [0.3, 0.4) is 0 Å². The molecule has 1 fully saturated rings. The summed E-state index contributed by atoms with van der Waals surface area (Å²) < 4.78 is 28.4. The maximum atomic E-state index is 12.1.